The highest BCUT2D eigenvalue weighted by atomic mass is 32.2. The Morgan fingerprint density at radius 3 is 2.59 bits per heavy atom. The maximum absolute atomic E-state index is 12.3. The van der Waals surface area contributed by atoms with Gasteiger partial charge in [0, 0.05) is 43.7 Å². The number of benzene rings is 2. The van der Waals surface area contributed by atoms with Crippen molar-refractivity contribution in [2.45, 2.75) is 12.8 Å². The van der Waals surface area contributed by atoms with Gasteiger partial charge in [0.1, 0.15) is 0 Å². The number of fused-ring (bicyclic) bond motifs is 1. The molecule has 0 bridgehead atoms. The van der Waals surface area contributed by atoms with Gasteiger partial charge in [-0.25, -0.2) is 4.72 Å². The van der Waals surface area contributed by atoms with Gasteiger partial charge in [-0.2, -0.15) is 12.7 Å². The third-order valence-corrected chi connectivity index (χ3v) is 6.33. The van der Waals surface area contributed by atoms with Gasteiger partial charge in [0.2, 0.25) is 0 Å². The molecule has 0 aliphatic heterocycles. The number of methoxy groups -OCH3 is 1. The van der Waals surface area contributed by atoms with Crippen molar-refractivity contribution in [2.24, 2.45) is 0 Å². The lowest BCUT2D eigenvalue weighted by molar-refractivity contribution is 0.310. The van der Waals surface area contributed by atoms with Crippen molar-refractivity contribution in [3.05, 3.63) is 59.8 Å². The maximum atomic E-state index is 12.3. The minimum absolute atomic E-state index is 0.208. The highest BCUT2D eigenvalue weighted by Crippen LogP contribution is 2.36. The van der Waals surface area contributed by atoms with Crippen LogP contribution in [0.4, 0.5) is 0 Å². The van der Waals surface area contributed by atoms with Crippen molar-refractivity contribution in [1.29, 1.82) is 0 Å². The van der Waals surface area contributed by atoms with Gasteiger partial charge >= 0.3 is 0 Å². The second-order valence-corrected chi connectivity index (χ2v) is 8.79. The lowest BCUT2D eigenvalue weighted by atomic mass is 9.91. The number of rotatable bonds is 9. The molecule has 0 amide bonds. The van der Waals surface area contributed by atoms with Crippen LogP contribution in [0.3, 0.4) is 0 Å². The Bertz CT molecular complexity index is 1080. The molecule has 3 rings (SSSR count). The summed E-state index contributed by atoms with van der Waals surface area (Å²) < 4.78 is 39.6. The van der Waals surface area contributed by atoms with Crippen molar-refractivity contribution in [1.82, 2.24) is 14.0 Å². The molecule has 0 saturated heterocycles. The molecule has 1 atom stereocenters. The fourth-order valence-corrected chi connectivity index (χ4v) is 3.92. The van der Waals surface area contributed by atoms with Gasteiger partial charge < -0.3 is 14.5 Å². The molecule has 1 aromatic heterocycles. The van der Waals surface area contributed by atoms with E-state index in [1.54, 1.807) is 7.11 Å². The summed E-state index contributed by atoms with van der Waals surface area (Å²) in [6.45, 7) is 2.65. The van der Waals surface area contributed by atoms with Gasteiger partial charge in [0.15, 0.2) is 11.5 Å². The summed E-state index contributed by atoms with van der Waals surface area (Å²) in [5.41, 5.74) is 2.94. The number of hydrogen-bond donors (Lipinski definition) is 2. The first kappa shape index (κ1) is 21.2. The topological polar surface area (TPSA) is 83.7 Å². The lowest BCUT2D eigenvalue weighted by Gasteiger charge is -2.21. The Balaban J connectivity index is 2.05. The summed E-state index contributed by atoms with van der Waals surface area (Å²) >= 11 is 0. The third-order valence-electron chi connectivity index (χ3n) is 4.84. The highest BCUT2D eigenvalue weighted by molar-refractivity contribution is 7.87. The molecule has 0 aliphatic rings. The molecule has 0 aliphatic carbocycles. The summed E-state index contributed by atoms with van der Waals surface area (Å²) in [6, 6.07) is 13.7. The summed E-state index contributed by atoms with van der Waals surface area (Å²) in [6.07, 6.45) is 1.93. The van der Waals surface area contributed by atoms with E-state index < -0.39 is 10.2 Å². The summed E-state index contributed by atoms with van der Waals surface area (Å²) in [7, 11) is 1.04. The van der Waals surface area contributed by atoms with Gasteiger partial charge in [0.25, 0.3) is 10.2 Å². The fraction of sp³-hybridized carbons (Fsp3) is 0.333. The number of aromatic amines is 1. The van der Waals surface area contributed by atoms with Crippen LogP contribution in [-0.4, -0.2) is 52.1 Å². The number of ether oxygens (including phenoxy) is 2. The molecule has 3 aromatic rings. The highest BCUT2D eigenvalue weighted by Gasteiger charge is 2.23. The number of H-pyrrole nitrogens is 1. The standard InChI is InChI=1S/C21H27N3O4S/c1-5-28-20-11-10-15(12-21(20)27-4)17(14-23-29(25,26)24(2)3)18-13-22-19-9-7-6-8-16(18)19/h6-13,17,22-23H,5,14H2,1-4H3. The molecule has 7 nitrogen and oxygen atoms in total. The van der Waals surface area contributed by atoms with E-state index in [4.69, 9.17) is 9.47 Å². The average Bonchev–Trinajstić information content (AvgIpc) is 3.13. The Hall–Kier alpha value is -2.55. The van der Waals surface area contributed by atoms with Gasteiger partial charge in [-0.3, -0.25) is 0 Å². The van der Waals surface area contributed by atoms with Crippen LogP contribution in [0.1, 0.15) is 24.0 Å². The molecule has 156 valence electrons. The first-order valence-corrected chi connectivity index (χ1v) is 10.8. The fourth-order valence-electron chi connectivity index (χ4n) is 3.28. The zero-order valence-corrected chi connectivity index (χ0v) is 17.9. The van der Waals surface area contributed by atoms with Crippen molar-refractivity contribution >= 4 is 21.1 Å². The van der Waals surface area contributed by atoms with E-state index >= 15 is 0 Å². The molecule has 2 aromatic carbocycles. The normalized spacial score (nSPS) is 13.0. The van der Waals surface area contributed by atoms with E-state index in [0.29, 0.717) is 18.1 Å². The minimum atomic E-state index is -3.56. The zero-order valence-electron chi connectivity index (χ0n) is 17.1. The average molecular weight is 418 g/mol. The minimum Gasteiger partial charge on any atom is -0.493 e. The molecule has 0 fully saturated rings. The van der Waals surface area contributed by atoms with Crippen molar-refractivity contribution in [2.75, 3.05) is 34.4 Å². The molecular formula is C21H27N3O4S. The van der Waals surface area contributed by atoms with Crippen LogP contribution in [0.25, 0.3) is 10.9 Å². The summed E-state index contributed by atoms with van der Waals surface area (Å²) in [5, 5.41) is 1.05. The van der Waals surface area contributed by atoms with Gasteiger partial charge in [0.05, 0.1) is 13.7 Å². The first-order chi connectivity index (χ1) is 13.9. The monoisotopic (exact) mass is 417 g/mol. The van der Waals surface area contributed by atoms with Gasteiger partial charge in [-0.1, -0.05) is 24.3 Å². The van der Waals surface area contributed by atoms with E-state index in [1.165, 1.54) is 14.1 Å². The number of para-hydroxylation sites is 1. The third kappa shape index (κ3) is 4.55. The van der Waals surface area contributed by atoms with E-state index in [0.717, 1.165) is 26.3 Å². The van der Waals surface area contributed by atoms with Crippen LogP contribution in [-0.2, 0) is 10.2 Å². The predicted molar refractivity (Wildman–Crippen MR) is 115 cm³/mol. The van der Waals surface area contributed by atoms with Crippen LogP contribution in [0.15, 0.2) is 48.7 Å². The van der Waals surface area contributed by atoms with E-state index in [-0.39, 0.29) is 12.5 Å². The molecule has 0 spiro atoms. The second-order valence-electron chi connectivity index (χ2n) is 6.82. The smallest absolute Gasteiger partial charge is 0.278 e. The van der Waals surface area contributed by atoms with Crippen molar-refractivity contribution in [3.63, 3.8) is 0 Å². The lowest BCUT2D eigenvalue weighted by Crippen LogP contribution is -2.38. The molecule has 0 radical (unpaired) electrons. The molecule has 2 N–H and O–H groups in total. The summed E-state index contributed by atoms with van der Waals surface area (Å²) in [4.78, 5) is 3.28. The number of aromatic nitrogens is 1. The SMILES string of the molecule is CCOc1ccc(C(CNS(=O)(=O)N(C)C)c2c[nH]c3ccccc23)cc1OC. The Morgan fingerprint density at radius 2 is 1.90 bits per heavy atom. The molecular weight excluding hydrogens is 390 g/mol. The first-order valence-electron chi connectivity index (χ1n) is 9.41. The van der Waals surface area contributed by atoms with Crippen molar-refractivity contribution < 1.29 is 17.9 Å². The molecule has 0 saturated carbocycles. The Kier molecular flexibility index (Phi) is 6.46. The van der Waals surface area contributed by atoms with E-state index in [1.807, 2.05) is 55.6 Å². The number of nitrogens with one attached hydrogen (secondary N) is 2. The number of nitrogens with zero attached hydrogens (tertiary/aromatic N) is 1. The molecule has 1 unspecified atom stereocenters. The Labute approximate surface area is 171 Å². The quantitative estimate of drug-likeness (QED) is 0.560. The van der Waals surface area contributed by atoms with E-state index in [2.05, 4.69) is 9.71 Å². The van der Waals surface area contributed by atoms with Gasteiger partial charge in [-0.05, 0) is 36.2 Å². The van der Waals surface area contributed by atoms with Crippen LogP contribution >= 0.6 is 0 Å². The van der Waals surface area contributed by atoms with Crippen LogP contribution < -0.4 is 14.2 Å². The van der Waals surface area contributed by atoms with Gasteiger partial charge in [-0.15, -0.1) is 0 Å². The predicted octanol–water partition coefficient (Wildman–Crippen LogP) is 3.10. The van der Waals surface area contributed by atoms with Crippen LogP contribution in [0.2, 0.25) is 0 Å². The molecule has 1 heterocycles. The maximum Gasteiger partial charge on any atom is 0.278 e. The number of hydrogen-bond acceptors (Lipinski definition) is 4. The largest absolute Gasteiger partial charge is 0.493 e. The van der Waals surface area contributed by atoms with Crippen LogP contribution in [0, 0.1) is 0 Å². The Morgan fingerprint density at radius 1 is 1.14 bits per heavy atom. The zero-order chi connectivity index (χ0) is 21.0. The molecule has 29 heavy (non-hydrogen) atoms. The second kappa shape index (κ2) is 8.86. The van der Waals surface area contributed by atoms with Crippen molar-refractivity contribution in [3.8, 4) is 11.5 Å². The van der Waals surface area contributed by atoms with Crippen LogP contribution in [0.5, 0.6) is 11.5 Å². The molecule has 8 heteroatoms. The summed E-state index contributed by atoms with van der Waals surface area (Å²) in [5.74, 6) is 1.06. The van der Waals surface area contributed by atoms with E-state index in [9.17, 15) is 8.42 Å².